The summed E-state index contributed by atoms with van der Waals surface area (Å²) in [5.74, 6) is 0.588. The summed E-state index contributed by atoms with van der Waals surface area (Å²) < 4.78 is 5.34. The van der Waals surface area contributed by atoms with E-state index in [0.717, 1.165) is 44.8 Å². The number of hydrogen-bond acceptors (Lipinski definition) is 4. The predicted octanol–water partition coefficient (Wildman–Crippen LogP) is 2.37. The van der Waals surface area contributed by atoms with Crippen molar-refractivity contribution in [3.8, 4) is 0 Å². The number of nitrogens with zero attached hydrogens (tertiary/aromatic N) is 2. The van der Waals surface area contributed by atoms with Gasteiger partial charge in [-0.1, -0.05) is 19.3 Å². The van der Waals surface area contributed by atoms with Gasteiger partial charge in [-0.05, 0) is 25.0 Å². The summed E-state index contributed by atoms with van der Waals surface area (Å²) in [7, 11) is 0. The molecule has 0 atom stereocenters. The molecule has 6 nitrogen and oxygen atoms in total. The first-order chi connectivity index (χ1) is 10.8. The molecule has 0 unspecified atom stereocenters. The van der Waals surface area contributed by atoms with Crippen molar-refractivity contribution in [2.75, 3.05) is 36.5 Å². The Morgan fingerprint density at radius 1 is 1.18 bits per heavy atom. The Morgan fingerprint density at radius 2 is 1.95 bits per heavy atom. The SMILES string of the molecule is O=C(Nc1ccc(N2CCOCC2)cn1)NC1CCCCC1. The average Bonchev–Trinajstić information content (AvgIpc) is 2.57. The van der Waals surface area contributed by atoms with Crippen LogP contribution in [0.1, 0.15) is 32.1 Å². The van der Waals surface area contributed by atoms with E-state index in [0.29, 0.717) is 11.9 Å². The highest BCUT2D eigenvalue weighted by Crippen LogP contribution is 2.18. The van der Waals surface area contributed by atoms with Crippen molar-refractivity contribution < 1.29 is 9.53 Å². The van der Waals surface area contributed by atoms with Crippen LogP contribution in [0.5, 0.6) is 0 Å². The Bertz CT molecular complexity index is 479. The lowest BCUT2D eigenvalue weighted by Crippen LogP contribution is -2.39. The maximum Gasteiger partial charge on any atom is 0.320 e. The van der Waals surface area contributed by atoms with Crippen LogP contribution in [0.15, 0.2) is 18.3 Å². The molecule has 1 aliphatic carbocycles. The van der Waals surface area contributed by atoms with Gasteiger partial charge in [-0.3, -0.25) is 5.32 Å². The molecular formula is C16H24N4O2. The number of urea groups is 1. The second-order valence-corrected chi connectivity index (χ2v) is 5.93. The van der Waals surface area contributed by atoms with Crippen molar-refractivity contribution in [2.45, 2.75) is 38.1 Å². The lowest BCUT2D eigenvalue weighted by molar-refractivity contribution is 0.122. The maximum atomic E-state index is 12.0. The van der Waals surface area contributed by atoms with E-state index >= 15 is 0 Å². The van der Waals surface area contributed by atoms with Crippen molar-refractivity contribution in [3.63, 3.8) is 0 Å². The zero-order chi connectivity index (χ0) is 15.2. The molecule has 120 valence electrons. The number of carbonyl (C=O) groups excluding carboxylic acids is 1. The van der Waals surface area contributed by atoms with Crippen LogP contribution in [0.2, 0.25) is 0 Å². The summed E-state index contributed by atoms with van der Waals surface area (Å²) in [6.45, 7) is 3.28. The molecule has 2 fully saturated rings. The molecule has 1 saturated heterocycles. The first kappa shape index (κ1) is 15.1. The summed E-state index contributed by atoms with van der Waals surface area (Å²) >= 11 is 0. The van der Waals surface area contributed by atoms with E-state index in [1.807, 2.05) is 18.3 Å². The molecule has 1 aromatic heterocycles. The summed E-state index contributed by atoms with van der Waals surface area (Å²) in [4.78, 5) is 18.5. The normalized spacial score (nSPS) is 19.7. The number of pyridine rings is 1. The van der Waals surface area contributed by atoms with Gasteiger partial charge in [0.05, 0.1) is 25.1 Å². The van der Waals surface area contributed by atoms with Crippen LogP contribution in [0.3, 0.4) is 0 Å². The molecule has 3 rings (SSSR count). The maximum absolute atomic E-state index is 12.0. The molecule has 22 heavy (non-hydrogen) atoms. The number of aromatic nitrogens is 1. The Hall–Kier alpha value is -1.82. The quantitative estimate of drug-likeness (QED) is 0.900. The Kier molecular flexibility index (Phi) is 5.11. The van der Waals surface area contributed by atoms with Gasteiger partial charge in [-0.15, -0.1) is 0 Å². The lowest BCUT2D eigenvalue weighted by Gasteiger charge is -2.28. The first-order valence-electron chi connectivity index (χ1n) is 8.17. The van der Waals surface area contributed by atoms with E-state index in [4.69, 9.17) is 4.74 Å². The fraction of sp³-hybridized carbons (Fsp3) is 0.625. The standard InChI is InChI=1S/C16H24N4O2/c21-16(18-13-4-2-1-3-5-13)19-15-7-6-14(12-17-15)20-8-10-22-11-9-20/h6-7,12-13H,1-5,8-11H2,(H2,17,18,19,21). The van der Waals surface area contributed by atoms with Crippen LogP contribution in [-0.4, -0.2) is 43.4 Å². The summed E-state index contributed by atoms with van der Waals surface area (Å²) in [6, 6.07) is 4.00. The number of rotatable bonds is 3. The van der Waals surface area contributed by atoms with Gasteiger partial charge in [0, 0.05) is 19.1 Å². The van der Waals surface area contributed by atoms with Crippen LogP contribution in [0.4, 0.5) is 16.3 Å². The molecule has 2 heterocycles. The van der Waals surface area contributed by atoms with E-state index < -0.39 is 0 Å². The second-order valence-electron chi connectivity index (χ2n) is 5.93. The van der Waals surface area contributed by atoms with E-state index in [2.05, 4.69) is 20.5 Å². The molecule has 2 amide bonds. The summed E-state index contributed by atoms with van der Waals surface area (Å²) in [5, 5.41) is 5.84. The largest absolute Gasteiger partial charge is 0.378 e. The third kappa shape index (κ3) is 4.10. The number of nitrogens with one attached hydrogen (secondary N) is 2. The zero-order valence-corrected chi connectivity index (χ0v) is 12.9. The number of carbonyl (C=O) groups is 1. The van der Waals surface area contributed by atoms with Crippen LogP contribution in [0.25, 0.3) is 0 Å². The van der Waals surface area contributed by atoms with Gasteiger partial charge in [0.1, 0.15) is 5.82 Å². The molecule has 0 radical (unpaired) electrons. The van der Waals surface area contributed by atoms with Gasteiger partial charge in [-0.2, -0.15) is 0 Å². The van der Waals surface area contributed by atoms with Crippen molar-refractivity contribution in [3.05, 3.63) is 18.3 Å². The molecule has 0 spiro atoms. The van der Waals surface area contributed by atoms with Crippen molar-refractivity contribution in [1.82, 2.24) is 10.3 Å². The number of amides is 2. The molecule has 0 bridgehead atoms. The van der Waals surface area contributed by atoms with Gasteiger partial charge >= 0.3 is 6.03 Å². The minimum atomic E-state index is -0.154. The fourth-order valence-electron chi connectivity index (χ4n) is 3.05. The van der Waals surface area contributed by atoms with E-state index in [9.17, 15) is 4.79 Å². The fourth-order valence-corrected chi connectivity index (χ4v) is 3.05. The topological polar surface area (TPSA) is 66.5 Å². The van der Waals surface area contributed by atoms with Crippen LogP contribution in [-0.2, 0) is 4.74 Å². The summed E-state index contributed by atoms with van der Waals surface area (Å²) in [5.41, 5.74) is 1.07. The highest BCUT2D eigenvalue weighted by Gasteiger charge is 2.16. The van der Waals surface area contributed by atoms with Crippen LogP contribution >= 0.6 is 0 Å². The monoisotopic (exact) mass is 304 g/mol. The molecule has 0 aromatic carbocycles. The number of ether oxygens (including phenoxy) is 1. The number of anilines is 2. The van der Waals surface area contributed by atoms with Gasteiger partial charge in [0.2, 0.25) is 0 Å². The number of hydrogen-bond donors (Lipinski definition) is 2. The summed E-state index contributed by atoms with van der Waals surface area (Å²) in [6.07, 6.45) is 7.66. The van der Waals surface area contributed by atoms with Crippen molar-refractivity contribution >= 4 is 17.5 Å². The predicted molar refractivity (Wildman–Crippen MR) is 86.3 cm³/mol. The Balaban J connectivity index is 1.50. The smallest absolute Gasteiger partial charge is 0.320 e. The molecule has 1 aromatic rings. The minimum absolute atomic E-state index is 0.154. The third-order valence-electron chi connectivity index (χ3n) is 4.31. The van der Waals surface area contributed by atoms with E-state index in [-0.39, 0.29) is 6.03 Å². The molecule has 1 saturated carbocycles. The van der Waals surface area contributed by atoms with Gasteiger partial charge in [-0.25, -0.2) is 9.78 Å². The minimum Gasteiger partial charge on any atom is -0.378 e. The van der Waals surface area contributed by atoms with Crippen molar-refractivity contribution in [1.29, 1.82) is 0 Å². The van der Waals surface area contributed by atoms with Gasteiger partial charge in [0.25, 0.3) is 0 Å². The first-order valence-corrected chi connectivity index (χ1v) is 8.17. The highest BCUT2D eigenvalue weighted by molar-refractivity contribution is 5.88. The Labute approximate surface area is 131 Å². The van der Waals surface area contributed by atoms with E-state index in [1.54, 1.807) is 0 Å². The van der Waals surface area contributed by atoms with Crippen LogP contribution in [0, 0.1) is 0 Å². The number of morpholine rings is 1. The molecule has 2 aliphatic rings. The molecule has 1 aliphatic heterocycles. The third-order valence-corrected chi connectivity index (χ3v) is 4.31. The Morgan fingerprint density at radius 3 is 2.64 bits per heavy atom. The van der Waals surface area contributed by atoms with Crippen molar-refractivity contribution in [2.24, 2.45) is 0 Å². The molecule has 2 N–H and O–H groups in total. The van der Waals surface area contributed by atoms with Crippen LogP contribution < -0.4 is 15.5 Å². The van der Waals surface area contributed by atoms with Gasteiger partial charge in [0.15, 0.2) is 0 Å². The van der Waals surface area contributed by atoms with Gasteiger partial charge < -0.3 is 15.0 Å². The zero-order valence-electron chi connectivity index (χ0n) is 12.9. The molecule has 6 heteroatoms. The molecular weight excluding hydrogens is 280 g/mol. The average molecular weight is 304 g/mol. The second kappa shape index (κ2) is 7.45. The lowest BCUT2D eigenvalue weighted by atomic mass is 9.96. The van der Waals surface area contributed by atoms with E-state index in [1.165, 1.54) is 19.3 Å². The highest BCUT2D eigenvalue weighted by atomic mass is 16.5.